The molecule has 2 aliphatic heterocycles. The van der Waals surface area contributed by atoms with Gasteiger partial charge < -0.3 is 24.9 Å². The lowest BCUT2D eigenvalue weighted by molar-refractivity contribution is -0.769. The first-order chi connectivity index (χ1) is 9.61. The summed E-state index contributed by atoms with van der Waals surface area (Å²) in [5.74, 6) is 0.00362. The summed E-state index contributed by atoms with van der Waals surface area (Å²) in [5.41, 5.74) is 0. The first-order valence-electron chi connectivity index (χ1n) is 6.66. The van der Waals surface area contributed by atoms with Crippen LogP contribution in [-0.2, 0) is 19.1 Å². The minimum Gasteiger partial charge on any atom is -0.371 e. The van der Waals surface area contributed by atoms with Crippen molar-refractivity contribution in [1.29, 1.82) is 0 Å². The monoisotopic (exact) mass is 289 g/mol. The van der Waals surface area contributed by atoms with Gasteiger partial charge in [0.15, 0.2) is 6.10 Å². The molecule has 2 heterocycles. The molecule has 0 aromatic heterocycles. The fourth-order valence-corrected chi connectivity index (χ4v) is 2.42. The van der Waals surface area contributed by atoms with Crippen molar-refractivity contribution >= 4 is 5.91 Å². The molecule has 0 aromatic rings. The van der Waals surface area contributed by atoms with Gasteiger partial charge in [0.2, 0.25) is 5.91 Å². The summed E-state index contributed by atoms with van der Waals surface area (Å²) in [4.78, 5) is 25.9. The molecule has 9 heteroatoms. The normalized spacial score (nSPS) is 31.9. The topological polar surface area (TPSA) is 112 Å². The Balaban J connectivity index is 1.71. The first-order valence-corrected chi connectivity index (χ1v) is 6.66. The van der Waals surface area contributed by atoms with Crippen molar-refractivity contribution in [3.05, 3.63) is 10.1 Å². The maximum atomic E-state index is 11.1. The smallest absolute Gasteiger partial charge is 0.294 e. The highest BCUT2D eigenvalue weighted by Crippen LogP contribution is 2.28. The van der Waals surface area contributed by atoms with Crippen LogP contribution in [0.1, 0.15) is 13.3 Å². The zero-order valence-electron chi connectivity index (χ0n) is 11.2. The van der Waals surface area contributed by atoms with Gasteiger partial charge in [-0.05, 0) is 0 Å². The molecule has 2 N–H and O–H groups in total. The highest BCUT2D eigenvalue weighted by atomic mass is 17.0. The molecule has 2 saturated heterocycles. The van der Waals surface area contributed by atoms with E-state index in [1.807, 2.05) is 0 Å². The molecule has 0 spiro atoms. The zero-order valence-corrected chi connectivity index (χ0v) is 11.2. The van der Waals surface area contributed by atoms with E-state index in [0.717, 1.165) is 0 Å². The number of rotatable bonds is 7. The molecule has 0 radical (unpaired) electrons. The van der Waals surface area contributed by atoms with Crippen molar-refractivity contribution in [3.8, 4) is 0 Å². The minimum absolute atomic E-state index is 0.00362. The third-order valence-electron chi connectivity index (χ3n) is 3.40. The van der Waals surface area contributed by atoms with Crippen molar-refractivity contribution in [3.63, 3.8) is 0 Å². The van der Waals surface area contributed by atoms with Crippen LogP contribution in [0.15, 0.2) is 0 Å². The molecule has 0 aromatic carbocycles. The number of hydrogen-bond donors (Lipinski definition) is 2. The van der Waals surface area contributed by atoms with Gasteiger partial charge in [-0.2, -0.15) is 0 Å². The highest BCUT2D eigenvalue weighted by Gasteiger charge is 2.49. The van der Waals surface area contributed by atoms with E-state index < -0.39 is 17.3 Å². The second-order valence-corrected chi connectivity index (χ2v) is 4.73. The Labute approximate surface area is 116 Å². The molecule has 9 nitrogen and oxygen atoms in total. The van der Waals surface area contributed by atoms with Crippen molar-refractivity contribution in [1.82, 2.24) is 10.6 Å². The Morgan fingerprint density at radius 2 is 2.10 bits per heavy atom. The summed E-state index contributed by atoms with van der Waals surface area (Å²) in [5, 5.41) is 15.5. The Morgan fingerprint density at radius 3 is 2.80 bits per heavy atom. The van der Waals surface area contributed by atoms with Crippen LogP contribution < -0.4 is 10.6 Å². The van der Waals surface area contributed by atoms with Crippen LogP contribution in [0.3, 0.4) is 0 Å². The third kappa shape index (κ3) is 3.56. The van der Waals surface area contributed by atoms with Gasteiger partial charge in [0.1, 0.15) is 12.2 Å². The number of carbonyl (C=O) groups excluding carboxylic acids is 1. The summed E-state index contributed by atoms with van der Waals surface area (Å²) < 4.78 is 11.0. The fourth-order valence-electron chi connectivity index (χ4n) is 2.42. The molecule has 20 heavy (non-hydrogen) atoms. The Hall–Kier alpha value is -1.45. The van der Waals surface area contributed by atoms with Crippen molar-refractivity contribution in [2.45, 2.75) is 37.7 Å². The van der Waals surface area contributed by atoms with E-state index in [4.69, 9.17) is 9.47 Å². The van der Waals surface area contributed by atoms with E-state index in [0.29, 0.717) is 26.1 Å². The van der Waals surface area contributed by atoms with Crippen LogP contribution in [0.4, 0.5) is 0 Å². The lowest BCUT2D eigenvalue weighted by Crippen LogP contribution is -2.44. The SMILES string of the molecule is CCC(=O)NCCN[C@H]1CO[C@H]2[C@@H]1OC[C@H]2O[N+](=O)[O-]. The number of nitrogens with one attached hydrogen (secondary N) is 2. The molecule has 0 unspecified atom stereocenters. The Bertz CT molecular complexity index is 366. The maximum absolute atomic E-state index is 11.1. The van der Waals surface area contributed by atoms with E-state index >= 15 is 0 Å². The first kappa shape index (κ1) is 14.9. The van der Waals surface area contributed by atoms with Crippen LogP contribution in [0.5, 0.6) is 0 Å². The largest absolute Gasteiger partial charge is 0.371 e. The van der Waals surface area contributed by atoms with E-state index in [-0.39, 0.29) is 24.7 Å². The molecule has 2 rings (SSSR count). The molecular formula is C11H19N3O6. The number of hydrogen-bond acceptors (Lipinski definition) is 7. The molecule has 0 bridgehead atoms. The summed E-state index contributed by atoms with van der Waals surface area (Å²) in [7, 11) is 0. The van der Waals surface area contributed by atoms with Gasteiger partial charge in [-0.25, -0.2) is 0 Å². The summed E-state index contributed by atoms with van der Waals surface area (Å²) in [6, 6.07) is -0.0427. The van der Waals surface area contributed by atoms with Gasteiger partial charge in [0.25, 0.3) is 5.09 Å². The predicted octanol–water partition coefficient (Wildman–Crippen LogP) is -1.15. The molecule has 2 fully saturated rings. The summed E-state index contributed by atoms with van der Waals surface area (Å²) >= 11 is 0. The molecule has 1 amide bonds. The van der Waals surface area contributed by atoms with Crippen molar-refractivity contribution in [2.75, 3.05) is 26.3 Å². The molecule has 0 aliphatic carbocycles. The Kier molecular flexibility index (Phi) is 5.10. The number of ether oxygens (including phenoxy) is 2. The van der Waals surface area contributed by atoms with Crippen molar-refractivity contribution < 1.29 is 24.2 Å². The average Bonchev–Trinajstić information content (AvgIpc) is 2.98. The number of nitrogens with zero attached hydrogens (tertiary/aromatic N) is 1. The molecule has 0 saturated carbocycles. The van der Waals surface area contributed by atoms with E-state index in [1.165, 1.54) is 0 Å². The van der Waals surface area contributed by atoms with Gasteiger partial charge in [0, 0.05) is 19.5 Å². The van der Waals surface area contributed by atoms with E-state index in [2.05, 4.69) is 15.5 Å². The average molecular weight is 289 g/mol. The van der Waals surface area contributed by atoms with Gasteiger partial charge in [-0.15, -0.1) is 10.1 Å². The maximum Gasteiger partial charge on any atom is 0.294 e. The highest BCUT2D eigenvalue weighted by molar-refractivity contribution is 5.75. The van der Waals surface area contributed by atoms with Gasteiger partial charge >= 0.3 is 0 Å². The quantitative estimate of drug-likeness (QED) is 0.345. The molecule has 2 aliphatic rings. The lowest BCUT2D eigenvalue weighted by atomic mass is 10.1. The van der Waals surface area contributed by atoms with Crippen LogP contribution >= 0.6 is 0 Å². The molecular weight excluding hydrogens is 270 g/mol. The molecule has 4 atom stereocenters. The fraction of sp³-hybridized carbons (Fsp3) is 0.909. The Morgan fingerprint density at radius 1 is 1.35 bits per heavy atom. The van der Waals surface area contributed by atoms with Crippen LogP contribution in [-0.4, -0.2) is 61.7 Å². The van der Waals surface area contributed by atoms with Crippen LogP contribution in [0, 0.1) is 10.1 Å². The van der Waals surface area contributed by atoms with Gasteiger partial charge in [0.05, 0.1) is 19.3 Å². The van der Waals surface area contributed by atoms with E-state index in [1.54, 1.807) is 6.92 Å². The lowest BCUT2D eigenvalue weighted by Gasteiger charge is -2.17. The minimum atomic E-state index is -0.819. The second kappa shape index (κ2) is 6.82. The number of carbonyl (C=O) groups is 1. The zero-order chi connectivity index (χ0) is 14.5. The summed E-state index contributed by atoms with van der Waals surface area (Å²) in [6.07, 6.45) is -0.869. The van der Waals surface area contributed by atoms with Crippen molar-refractivity contribution in [2.24, 2.45) is 0 Å². The number of amides is 1. The third-order valence-corrected chi connectivity index (χ3v) is 3.40. The second-order valence-electron chi connectivity index (χ2n) is 4.73. The predicted molar refractivity (Wildman–Crippen MR) is 66.4 cm³/mol. The number of fused-ring (bicyclic) bond motifs is 1. The standard InChI is InChI=1S/C11H19N3O6/c1-2-9(15)13-4-3-12-7-5-18-11-8(20-14(16)17)6-19-10(7)11/h7-8,10-12H,2-6H2,1H3,(H,13,15)/t7-,8+,10+,11+/m0/s1. The van der Waals surface area contributed by atoms with Gasteiger partial charge in [-0.3, -0.25) is 4.79 Å². The van der Waals surface area contributed by atoms with Crippen LogP contribution in [0.25, 0.3) is 0 Å². The molecule has 114 valence electrons. The van der Waals surface area contributed by atoms with E-state index in [9.17, 15) is 14.9 Å². The van der Waals surface area contributed by atoms with Crippen LogP contribution in [0.2, 0.25) is 0 Å². The van der Waals surface area contributed by atoms with Gasteiger partial charge in [-0.1, -0.05) is 6.92 Å². The summed E-state index contributed by atoms with van der Waals surface area (Å²) in [6.45, 7) is 3.47.